The normalized spacial score (nSPS) is 26.5. The first-order chi connectivity index (χ1) is 14.0. The number of unbranched alkanes of at least 4 members (excludes halogenated alkanes) is 2. The van der Waals surface area contributed by atoms with Gasteiger partial charge in [-0.05, 0) is 55.9 Å². The number of anilines is 1. The molecule has 0 spiro atoms. The topological polar surface area (TPSA) is 102 Å². The SMILES string of the molecule is C#CCCCCNC(=O)Nc1ccc(S[C@@H]2C[C@H](CCC)[C@@H](O)[C@H](O)[C@@H]2O)cc1. The molecule has 2 amide bonds. The lowest BCUT2D eigenvalue weighted by atomic mass is 9.80. The molecule has 7 heteroatoms. The van der Waals surface area contributed by atoms with Gasteiger partial charge in [-0.3, -0.25) is 0 Å². The average molecular weight is 421 g/mol. The van der Waals surface area contributed by atoms with Crippen molar-refractivity contribution in [3.8, 4) is 12.3 Å². The second-order valence-electron chi connectivity index (χ2n) is 7.48. The fourth-order valence-corrected chi connectivity index (χ4v) is 4.86. The van der Waals surface area contributed by atoms with Crippen molar-refractivity contribution in [1.29, 1.82) is 0 Å². The van der Waals surface area contributed by atoms with E-state index in [0.717, 1.165) is 30.6 Å². The number of nitrogens with one attached hydrogen (secondary N) is 2. The maximum atomic E-state index is 11.9. The molecule has 0 saturated heterocycles. The highest BCUT2D eigenvalue weighted by Crippen LogP contribution is 2.38. The van der Waals surface area contributed by atoms with Gasteiger partial charge >= 0.3 is 6.03 Å². The Hall–Kier alpha value is -1.72. The van der Waals surface area contributed by atoms with Crippen molar-refractivity contribution in [2.45, 2.75) is 73.9 Å². The number of hydrogen-bond acceptors (Lipinski definition) is 5. The molecule has 0 heterocycles. The Labute approximate surface area is 177 Å². The lowest BCUT2D eigenvalue weighted by Gasteiger charge is -2.40. The van der Waals surface area contributed by atoms with Gasteiger partial charge in [-0.2, -0.15) is 0 Å². The molecule has 1 saturated carbocycles. The molecule has 0 aromatic heterocycles. The Morgan fingerprint density at radius 1 is 1.17 bits per heavy atom. The van der Waals surface area contributed by atoms with Crippen molar-refractivity contribution in [2.24, 2.45) is 5.92 Å². The zero-order valence-corrected chi connectivity index (χ0v) is 17.7. The lowest BCUT2D eigenvalue weighted by molar-refractivity contribution is -0.108. The fourth-order valence-electron chi connectivity index (χ4n) is 3.58. The number of urea groups is 1. The largest absolute Gasteiger partial charge is 0.390 e. The van der Waals surface area contributed by atoms with Gasteiger partial charge in [-0.15, -0.1) is 24.1 Å². The van der Waals surface area contributed by atoms with E-state index >= 15 is 0 Å². The van der Waals surface area contributed by atoms with Crippen molar-refractivity contribution < 1.29 is 20.1 Å². The summed E-state index contributed by atoms with van der Waals surface area (Å²) in [4.78, 5) is 12.8. The van der Waals surface area contributed by atoms with Crippen molar-refractivity contribution in [3.05, 3.63) is 24.3 Å². The zero-order valence-electron chi connectivity index (χ0n) is 16.9. The monoisotopic (exact) mass is 420 g/mol. The maximum absolute atomic E-state index is 11.9. The third-order valence-corrected chi connectivity index (χ3v) is 6.51. The molecule has 5 N–H and O–H groups in total. The Kier molecular flexibility index (Phi) is 9.82. The molecule has 0 unspecified atom stereocenters. The van der Waals surface area contributed by atoms with Crippen LogP contribution in [0.5, 0.6) is 0 Å². The van der Waals surface area contributed by atoms with Crippen LogP contribution in [0.4, 0.5) is 10.5 Å². The average Bonchev–Trinajstić information content (AvgIpc) is 2.71. The molecule has 1 fully saturated rings. The first-order valence-corrected chi connectivity index (χ1v) is 11.1. The van der Waals surface area contributed by atoms with Gasteiger partial charge in [0.25, 0.3) is 0 Å². The van der Waals surface area contributed by atoms with Crippen LogP contribution >= 0.6 is 11.8 Å². The van der Waals surface area contributed by atoms with Crippen LogP contribution in [-0.2, 0) is 0 Å². The highest BCUT2D eigenvalue weighted by molar-refractivity contribution is 8.00. The van der Waals surface area contributed by atoms with E-state index in [0.29, 0.717) is 25.1 Å². The van der Waals surface area contributed by atoms with E-state index < -0.39 is 18.3 Å². The number of aliphatic hydroxyl groups excluding tert-OH is 3. The van der Waals surface area contributed by atoms with Crippen molar-refractivity contribution in [2.75, 3.05) is 11.9 Å². The van der Waals surface area contributed by atoms with Crippen LogP contribution in [0.15, 0.2) is 29.2 Å². The second-order valence-corrected chi connectivity index (χ2v) is 8.79. The molecule has 1 aromatic carbocycles. The van der Waals surface area contributed by atoms with Crippen LogP contribution in [0.3, 0.4) is 0 Å². The van der Waals surface area contributed by atoms with Crippen molar-refractivity contribution in [3.63, 3.8) is 0 Å². The molecular formula is C22H32N2O4S. The zero-order chi connectivity index (χ0) is 21.2. The number of terminal acetylenes is 1. The third-order valence-electron chi connectivity index (χ3n) is 5.19. The van der Waals surface area contributed by atoms with E-state index in [1.165, 1.54) is 11.8 Å². The summed E-state index contributed by atoms with van der Waals surface area (Å²) in [5.74, 6) is 2.56. The predicted octanol–water partition coefficient (Wildman–Crippen LogP) is 2.98. The summed E-state index contributed by atoms with van der Waals surface area (Å²) in [6.07, 6.45) is 7.07. The first-order valence-electron chi connectivity index (χ1n) is 10.3. The van der Waals surface area contributed by atoms with E-state index in [2.05, 4.69) is 16.6 Å². The Balaban J connectivity index is 1.85. The summed E-state index contributed by atoms with van der Waals surface area (Å²) in [7, 11) is 0. The molecule has 0 bridgehead atoms. The molecule has 6 nitrogen and oxygen atoms in total. The number of thioether (sulfide) groups is 1. The van der Waals surface area contributed by atoms with Gasteiger partial charge in [0.15, 0.2) is 0 Å². The number of amides is 2. The van der Waals surface area contributed by atoms with Gasteiger partial charge in [-0.1, -0.05) is 13.3 Å². The number of rotatable bonds is 9. The number of aliphatic hydroxyl groups is 3. The Morgan fingerprint density at radius 2 is 1.90 bits per heavy atom. The molecule has 29 heavy (non-hydrogen) atoms. The molecule has 2 rings (SSSR count). The molecule has 5 atom stereocenters. The minimum atomic E-state index is -1.12. The molecule has 1 aliphatic carbocycles. The van der Waals surface area contributed by atoms with E-state index in [1.54, 1.807) is 0 Å². The summed E-state index contributed by atoms with van der Waals surface area (Å²) < 4.78 is 0. The lowest BCUT2D eigenvalue weighted by Crippen LogP contribution is -2.52. The highest BCUT2D eigenvalue weighted by atomic mass is 32.2. The minimum Gasteiger partial charge on any atom is -0.390 e. The van der Waals surface area contributed by atoms with E-state index in [9.17, 15) is 20.1 Å². The summed E-state index contributed by atoms with van der Waals surface area (Å²) in [5.41, 5.74) is 0.680. The Morgan fingerprint density at radius 3 is 2.55 bits per heavy atom. The van der Waals surface area contributed by atoms with Gasteiger partial charge in [-0.25, -0.2) is 4.79 Å². The predicted molar refractivity (Wildman–Crippen MR) is 117 cm³/mol. The summed E-state index contributed by atoms with van der Waals surface area (Å²) in [6.45, 7) is 2.62. The van der Waals surface area contributed by atoms with Crippen molar-refractivity contribution >= 4 is 23.5 Å². The third kappa shape index (κ3) is 7.23. The molecule has 0 radical (unpaired) electrons. The van der Waals surface area contributed by atoms with Gasteiger partial charge in [0.1, 0.15) is 6.10 Å². The Bertz CT molecular complexity index is 676. The number of benzene rings is 1. The van der Waals surface area contributed by atoms with E-state index in [-0.39, 0.29) is 17.2 Å². The maximum Gasteiger partial charge on any atom is 0.319 e. The molecule has 160 valence electrons. The van der Waals surface area contributed by atoms with Crippen LogP contribution in [-0.4, -0.2) is 51.5 Å². The molecule has 1 aromatic rings. The molecular weight excluding hydrogens is 388 g/mol. The van der Waals surface area contributed by atoms with Crippen molar-refractivity contribution in [1.82, 2.24) is 5.32 Å². The molecule has 1 aliphatic rings. The van der Waals surface area contributed by atoms with Gasteiger partial charge in [0, 0.05) is 28.8 Å². The quantitative estimate of drug-likeness (QED) is 0.312. The summed E-state index contributed by atoms with van der Waals surface area (Å²) in [5, 5.41) is 36.1. The van der Waals surface area contributed by atoms with E-state index in [1.807, 2.05) is 31.2 Å². The van der Waals surface area contributed by atoms with Crippen LogP contribution in [0.25, 0.3) is 0 Å². The highest BCUT2D eigenvalue weighted by Gasteiger charge is 2.42. The number of carbonyl (C=O) groups excluding carboxylic acids is 1. The summed E-state index contributed by atoms with van der Waals surface area (Å²) >= 11 is 1.49. The van der Waals surface area contributed by atoms with E-state index in [4.69, 9.17) is 6.42 Å². The van der Waals surface area contributed by atoms with Gasteiger partial charge in [0.2, 0.25) is 0 Å². The standard InChI is InChI=1S/C22H32N2O4S/c1-3-5-6-7-13-23-22(28)24-16-9-11-17(12-10-16)29-18-14-15(8-4-2)19(25)21(27)20(18)26/h1,9-12,15,18-21,25-27H,4-8,13-14H2,2H3,(H2,23,24,28)/t15-,18+,19+,20+,21-/m0/s1. The minimum absolute atomic E-state index is 0.0128. The van der Waals surface area contributed by atoms with Crippen LogP contribution < -0.4 is 10.6 Å². The fraction of sp³-hybridized carbons (Fsp3) is 0.591. The van der Waals surface area contributed by atoms with Gasteiger partial charge in [0.05, 0.1) is 12.2 Å². The smallest absolute Gasteiger partial charge is 0.319 e. The second kappa shape index (κ2) is 12.1. The van der Waals surface area contributed by atoms with Gasteiger partial charge < -0.3 is 26.0 Å². The summed E-state index contributed by atoms with van der Waals surface area (Å²) in [6, 6.07) is 7.13. The van der Waals surface area contributed by atoms with Crippen LogP contribution in [0, 0.1) is 18.3 Å². The van der Waals surface area contributed by atoms with Crippen LogP contribution in [0.2, 0.25) is 0 Å². The molecule has 0 aliphatic heterocycles. The number of hydrogen-bond donors (Lipinski definition) is 5. The first kappa shape index (κ1) is 23.6. The number of carbonyl (C=O) groups is 1. The van der Waals surface area contributed by atoms with Crippen LogP contribution in [0.1, 0.15) is 45.4 Å².